The van der Waals surface area contributed by atoms with Gasteiger partial charge in [-0.15, -0.1) is 0 Å². The molecule has 118 valence electrons. The first-order chi connectivity index (χ1) is 10.4. The molecule has 0 aliphatic carbocycles. The second kappa shape index (κ2) is 6.74. The van der Waals surface area contributed by atoms with E-state index >= 15 is 0 Å². The van der Waals surface area contributed by atoms with Gasteiger partial charge >= 0.3 is 0 Å². The summed E-state index contributed by atoms with van der Waals surface area (Å²) >= 11 is 6.10. The summed E-state index contributed by atoms with van der Waals surface area (Å²) in [6, 6.07) is 4.35. The number of nitro groups is 1. The lowest BCUT2D eigenvalue weighted by atomic mass is 10.2. The van der Waals surface area contributed by atoms with Crippen molar-refractivity contribution in [2.75, 3.05) is 31.1 Å². The summed E-state index contributed by atoms with van der Waals surface area (Å²) in [5.74, 6) is -0.312. The predicted octanol–water partition coefficient (Wildman–Crippen LogP) is 1.88. The number of hydrogen-bond acceptors (Lipinski definition) is 5. The molecule has 1 aromatic carbocycles. The number of Topliss-reactive ketones (excluding diaryl/α,β-unsaturated/α-hetero) is 1. The van der Waals surface area contributed by atoms with Gasteiger partial charge in [-0.1, -0.05) is 11.6 Å². The molecule has 22 heavy (non-hydrogen) atoms. The van der Waals surface area contributed by atoms with E-state index in [-0.39, 0.29) is 23.8 Å². The van der Waals surface area contributed by atoms with Crippen molar-refractivity contribution in [3.8, 4) is 0 Å². The lowest BCUT2D eigenvalue weighted by molar-refractivity contribution is -0.384. The van der Waals surface area contributed by atoms with Crippen LogP contribution in [0.4, 0.5) is 11.4 Å². The van der Waals surface area contributed by atoms with Crippen LogP contribution >= 0.6 is 11.6 Å². The van der Waals surface area contributed by atoms with E-state index in [1.54, 1.807) is 11.0 Å². The van der Waals surface area contributed by atoms with Crippen molar-refractivity contribution in [1.82, 2.24) is 4.90 Å². The SMILES string of the molecule is CC(=O)CC(=O)N1CCN(c2ccc([N+](=O)[O-])cc2Cl)CC1. The molecule has 1 aliphatic rings. The molecule has 1 aliphatic heterocycles. The summed E-state index contributed by atoms with van der Waals surface area (Å²) < 4.78 is 0. The number of ketones is 1. The number of amides is 1. The van der Waals surface area contributed by atoms with E-state index in [1.165, 1.54) is 19.1 Å². The Morgan fingerprint density at radius 1 is 1.27 bits per heavy atom. The van der Waals surface area contributed by atoms with Gasteiger partial charge in [-0.25, -0.2) is 0 Å². The van der Waals surface area contributed by atoms with Crippen LogP contribution in [-0.2, 0) is 9.59 Å². The van der Waals surface area contributed by atoms with Crippen LogP contribution in [0.2, 0.25) is 5.02 Å². The molecule has 0 spiro atoms. The molecule has 0 atom stereocenters. The summed E-state index contributed by atoms with van der Waals surface area (Å²) in [4.78, 5) is 36.6. The van der Waals surface area contributed by atoms with E-state index in [0.717, 1.165) is 0 Å². The minimum atomic E-state index is -0.492. The summed E-state index contributed by atoms with van der Waals surface area (Å²) in [6.07, 6.45) is -0.0711. The third-order valence-electron chi connectivity index (χ3n) is 3.52. The van der Waals surface area contributed by atoms with Gasteiger partial charge in [0.2, 0.25) is 5.91 Å². The lowest BCUT2D eigenvalue weighted by Gasteiger charge is -2.36. The van der Waals surface area contributed by atoms with Gasteiger partial charge < -0.3 is 9.80 Å². The molecule has 1 amide bonds. The zero-order valence-electron chi connectivity index (χ0n) is 12.1. The van der Waals surface area contributed by atoms with Crippen LogP contribution in [0.15, 0.2) is 18.2 Å². The number of nitrogens with zero attached hydrogens (tertiary/aromatic N) is 3. The largest absolute Gasteiger partial charge is 0.367 e. The van der Waals surface area contributed by atoms with Crippen molar-refractivity contribution < 1.29 is 14.5 Å². The van der Waals surface area contributed by atoms with E-state index in [1.807, 2.05) is 4.90 Å². The number of benzene rings is 1. The number of piperazine rings is 1. The van der Waals surface area contributed by atoms with Crippen LogP contribution in [0.3, 0.4) is 0 Å². The van der Waals surface area contributed by atoms with Crippen molar-refractivity contribution in [3.63, 3.8) is 0 Å². The highest BCUT2D eigenvalue weighted by molar-refractivity contribution is 6.33. The predicted molar refractivity (Wildman–Crippen MR) is 82.2 cm³/mol. The second-order valence-corrected chi connectivity index (χ2v) is 5.55. The molecule has 0 saturated carbocycles. The van der Waals surface area contributed by atoms with Gasteiger partial charge in [0.05, 0.1) is 22.1 Å². The molecule has 1 fully saturated rings. The first kappa shape index (κ1) is 16.2. The average molecular weight is 326 g/mol. The quantitative estimate of drug-likeness (QED) is 0.479. The maximum atomic E-state index is 11.8. The average Bonchev–Trinajstić information content (AvgIpc) is 2.46. The molecule has 0 aromatic heterocycles. The van der Waals surface area contributed by atoms with Crippen LogP contribution in [-0.4, -0.2) is 47.7 Å². The number of carbonyl (C=O) groups is 2. The van der Waals surface area contributed by atoms with Gasteiger partial charge in [-0.05, 0) is 13.0 Å². The Balaban J connectivity index is 2.01. The van der Waals surface area contributed by atoms with Gasteiger partial charge in [-0.3, -0.25) is 19.7 Å². The highest BCUT2D eigenvalue weighted by Gasteiger charge is 2.23. The fourth-order valence-corrected chi connectivity index (χ4v) is 2.68. The highest BCUT2D eigenvalue weighted by atomic mass is 35.5. The molecule has 0 N–H and O–H groups in total. The van der Waals surface area contributed by atoms with Crippen LogP contribution in [0, 0.1) is 10.1 Å². The van der Waals surface area contributed by atoms with Gasteiger partial charge in [-0.2, -0.15) is 0 Å². The van der Waals surface area contributed by atoms with Gasteiger partial charge in [0.15, 0.2) is 0 Å². The number of rotatable bonds is 4. The molecular formula is C14H16ClN3O4. The van der Waals surface area contributed by atoms with Crippen molar-refractivity contribution in [2.45, 2.75) is 13.3 Å². The number of anilines is 1. The Kier molecular flexibility index (Phi) is 4.97. The van der Waals surface area contributed by atoms with E-state index in [4.69, 9.17) is 11.6 Å². The fourth-order valence-electron chi connectivity index (χ4n) is 2.39. The summed E-state index contributed by atoms with van der Waals surface area (Å²) in [5, 5.41) is 11.0. The zero-order valence-corrected chi connectivity index (χ0v) is 12.9. The molecule has 8 heteroatoms. The van der Waals surface area contributed by atoms with E-state index in [9.17, 15) is 19.7 Å². The van der Waals surface area contributed by atoms with Crippen molar-refractivity contribution in [3.05, 3.63) is 33.3 Å². The Hall–Kier alpha value is -2.15. The van der Waals surface area contributed by atoms with Crippen molar-refractivity contribution in [2.24, 2.45) is 0 Å². The van der Waals surface area contributed by atoms with Crippen LogP contribution < -0.4 is 4.90 Å². The molecule has 0 unspecified atom stereocenters. The highest BCUT2D eigenvalue weighted by Crippen LogP contribution is 2.30. The molecule has 0 radical (unpaired) electrons. The Morgan fingerprint density at radius 3 is 2.41 bits per heavy atom. The third-order valence-corrected chi connectivity index (χ3v) is 3.82. The Morgan fingerprint density at radius 2 is 1.91 bits per heavy atom. The number of halogens is 1. The number of nitro benzene ring substituents is 1. The minimum Gasteiger partial charge on any atom is -0.367 e. The molecule has 7 nitrogen and oxygen atoms in total. The molecule has 0 bridgehead atoms. The van der Waals surface area contributed by atoms with Crippen LogP contribution in [0.1, 0.15) is 13.3 Å². The molecule has 1 saturated heterocycles. The maximum Gasteiger partial charge on any atom is 0.271 e. The van der Waals surface area contributed by atoms with E-state index in [2.05, 4.69) is 0 Å². The smallest absolute Gasteiger partial charge is 0.271 e. The monoisotopic (exact) mass is 325 g/mol. The maximum absolute atomic E-state index is 11.8. The Labute approximate surface area is 132 Å². The van der Waals surface area contributed by atoms with E-state index < -0.39 is 4.92 Å². The van der Waals surface area contributed by atoms with Crippen LogP contribution in [0.5, 0.6) is 0 Å². The Bertz CT molecular complexity index is 612. The molecule has 1 aromatic rings. The van der Waals surface area contributed by atoms with Crippen molar-refractivity contribution >= 4 is 34.7 Å². The summed E-state index contributed by atoms with van der Waals surface area (Å²) in [5.41, 5.74) is 0.662. The number of hydrogen-bond donors (Lipinski definition) is 0. The topological polar surface area (TPSA) is 83.8 Å². The summed E-state index contributed by atoms with van der Waals surface area (Å²) in [7, 11) is 0. The number of carbonyl (C=O) groups excluding carboxylic acids is 2. The minimum absolute atomic E-state index is 0.0518. The normalized spacial score (nSPS) is 14.8. The first-order valence-corrected chi connectivity index (χ1v) is 7.22. The standard InChI is InChI=1S/C14H16ClN3O4/c1-10(19)8-14(20)17-6-4-16(5-7-17)13-3-2-11(18(21)22)9-12(13)15/h2-3,9H,4-8H2,1H3. The van der Waals surface area contributed by atoms with Crippen LogP contribution in [0.25, 0.3) is 0 Å². The first-order valence-electron chi connectivity index (χ1n) is 6.84. The van der Waals surface area contributed by atoms with Gasteiger partial charge in [0.1, 0.15) is 5.78 Å². The van der Waals surface area contributed by atoms with Gasteiger partial charge in [0.25, 0.3) is 5.69 Å². The second-order valence-electron chi connectivity index (χ2n) is 5.14. The summed E-state index contributed by atoms with van der Waals surface area (Å²) in [6.45, 7) is 3.53. The number of non-ortho nitro benzene ring substituents is 1. The van der Waals surface area contributed by atoms with Crippen molar-refractivity contribution in [1.29, 1.82) is 0 Å². The van der Waals surface area contributed by atoms with E-state index in [0.29, 0.717) is 36.9 Å². The third kappa shape index (κ3) is 3.73. The molecule has 1 heterocycles. The fraction of sp³-hybridized carbons (Fsp3) is 0.429. The molecular weight excluding hydrogens is 310 g/mol. The zero-order chi connectivity index (χ0) is 16.3. The van der Waals surface area contributed by atoms with Gasteiger partial charge in [0, 0.05) is 38.3 Å². The lowest BCUT2D eigenvalue weighted by Crippen LogP contribution is -2.49. The molecule has 2 rings (SSSR count).